The summed E-state index contributed by atoms with van der Waals surface area (Å²) < 4.78 is 11.3. The van der Waals surface area contributed by atoms with Gasteiger partial charge in [0.25, 0.3) is 11.8 Å². The van der Waals surface area contributed by atoms with E-state index >= 15 is 0 Å². The summed E-state index contributed by atoms with van der Waals surface area (Å²) >= 11 is 0. The number of rotatable bonds is 6. The van der Waals surface area contributed by atoms with E-state index in [2.05, 4.69) is 5.32 Å². The lowest BCUT2D eigenvalue weighted by Gasteiger charge is -2.33. The van der Waals surface area contributed by atoms with Crippen molar-refractivity contribution >= 4 is 23.2 Å². The van der Waals surface area contributed by atoms with Crippen LogP contribution in [0.5, 0.6) is 11.5 Å². The molecule has 1 heterocycles. The maximum absolute atomic E-state index is 12.8. The van der Waals surface area contributed by atoms with Crippen LogP contribution in [0.3, 0.4) is 0 Å². The molecule has 0 spiro atoms. The zero-order chi connectivity index (χ0) is 21.8. The quantitative estimate of drug-likeness (QED) is 0.650. The molecule has 0 saturated carbocycles. The van der Waals surface area contributed by atoms with Gasteiger partial charge in [0.2, 0.25) is 0 Å². The van der Waals surface area contributed by atoms with Gasteiger partial charge in [-0.2, -0.15) is 0 Å². The first-order valence-electron chi connectivity index (χ1n) is 10.1. The minimum atomic E-state index is -0.570. The van der Waals surface area contributed by atoms with Crippen molar-refractivity contribution in [3.8, 4) is 11.5 Å². The molecule has 1 aliphatic rings. The third-order valence-electron chi connectivity index (χ3n) is 5.03. The predicted octanol–water partition coefficient (Wildman–Crippen LogP) is 4.33. The third-order valence-corrected chi connectivity index (χ3v) is 5.03. The second-order valence-corrected chi connectivity index (χ2v) is 7.50. The molecule has 0 aromatic heterocycles. The van der Waals surface area contributed by atoms with E-state index in [1.165, 1.54) is 0 Å². The number of fused-ring (bicyclic) bond motifs is 1. The van der Waals surface area contributed by atoms with Crippen LogP contribution in [0, 0.1) is 6.92 Å². The summed E-state index contributed by atoms with van der Waals surface area (Å²) in [7, 11) is 0. The monoisotopic (exact) mass is 416 g/mol. The van der Waals surface area contributed by atoms with Crippen LogP contribution in [-0.2, 0) is 16.1 Å². The number of anilines is 2. The molecule has 3 aromatic rings. The molecule has 31 heavy (non-hydrogen) atoms. The summed E-state index contributed by atoms with van der Waals surface area (Å²) in [6.45, 7) is 4.04. The molecular formula is C25H24N2O4. The second kappa shape index (κ2) is 8.92. The minimum absolute atomic E-state index is 0.111. The molecule has 158 valence electrons. The van der Waals surface area contributed by atoms with Gasteiger partial charge in [0.05, 0.1) is 12.2 Å². The molecule has 1 atom stereocenters. The van der Waals surface area contributed by atoms with Gasteiger partial charge >= 0.3 is 0 Å². The number of nitrogens with one attached hydrogen (secondary N) is 1. The summed E-state index contributed by atoms with van der Waals surface area (Å²) in [6.07, 6.45) is -0.570. The van der Waals surface area contributed by atoms with Crippen molar-refractivity contribution in [2.45, 2.75) is 26.5 Å². The fraction of sp³-hybridized carbons (Fsp3) is 0.200. The molecule has 6 heteroatoms. The van der Waals surface area contributed by atoms with E-state index in [0.29, 0.717) is 29.4 Å². The van der Waals surface area contributed by atoms with Crippen molar-refractivity contribution in [1.82, 2.24) is 0 Å². The zero-order valence-corrected chi connectivity index (χ0v) is 17.5. The average Bonchev–Trinajstić information content (AvgIpc) is 2.77. The van der Waals surface area contributed by atoms with Crippen molar-refractivity contribution in [1.29, 1.82) is 0 Å². The average molecular weight is 416 g/mol. The standard InChI is InChI=1S/C25H24N2O4/c1-17-8-11-21(12-9-17)30-16-24(28)26-20-10-13-23-22(14-20)27(25(29)18(2)31-23)15-19-6-4-3-5-7-19/h3-14,18H,15-16H2,1-2H3,(H,26,28). The molecule has 1 N–H and O–H groups in total. The fourth-order valence-electron chi connectivity index (χ4n) is 3.39. The first-order valence-corrected chi connectivity index (χ1v) is 10.1. The van der Waals surface area contributed by atoms with Gasteiger partial charge in [0.15, 0.2) is 12.7 Å². The van der Waals surface area contributed by atoms with Gasteiger partial charge in [-0.3, -0.25) is 9.59 Å². The second-order valence-electron chi connectivity index (χ2n) is 7.50. The smallest absolute Gasteiger partial charge is 0.268 e. The predicted molar refractivity (Wildman–Crippen MR) is 119 cm³/mol. The van der Waals surface area contributed by atoms with Crippen LogP contribution in [0.1, 0.15) is 18.1 Å². The van der Waals surface area contributed by atoms with E-state index < -0.39 is 6.10 Å². The molecule has 3 aromatic carbocycles. The van der Waals surface area contributed by atoms with Crippen molar-refractivity contribution in [3.63, 3.8) is 0 Å². The molecule has 0 aliphatic carbocycles. The highest BCUT2D eigenvalue weighted by molar-refractivity contribution is 6.01. The molecular weight excluding hydrogens is 392 g/mol. The molecule has 2 amide bonds. The Labute approximate surface area is 181 Å². The van der Waals surface area contributed by atoms with E-state index in [9.17, 15) is 9.59 Å². The van der Waals surface area contributed by atoms with Crippen molar-refractivity contribution < 1.29 is 19.1 Å². The van der Waals surface area contributed by atoms with Crippen molar-refractivity contribution in [3.05, 3.63) is 83.9 Å². The van der Waals surface area contributed by atoms with E-state index in [4.69, 9.17) is 9.47 Å². The molecule has 6 nitrogen and oxygen atoms in total. The molecule has 0 bridgehead atoms. The minimum Gasteiger partial charge on any atom is -0.484 e. The van der Waals surface area contributed by atoms with Gasteiger partial charge in [0, 0.05) is 5.69 Å². The van der Waals surface area contributed by atoms with Crippen LogP contribution < -0.4 is 19.7 Å². The normalized spacial score (nSPS) is 15.1. The number of aryl methyl sites for hydroxylation is 1. The Morgan fingerprint density at radius 3 is 2.55 bits per heavy atom. The van der Waals surface area contributed by atoms with Gasteiger partial charge in [-0.25, -0.2) is 0 Å². The molecule has 4 rings (SSSR count). The first kappa shape index (κ1) is 20.5. The van der Waals surface area contributed by atoms with Crippen LogP contribution in [0.2, 0.25) is 0 Å². The SMILES string of the molecule is Cc1ccc(OCC(=O)Nc2ccc3c(c2)N(Cc2ccccc2)C(=O)C(C)O3)cc1. The lowest BCUT2D eigenvalue weighted by Crippen LogP contribution is -2.44. The Bertz CT molecular complexity index is 1080. The van der Waals surface area contributed by atoms with E-state index in [0.717, 1.165) is 11.1 Å². The van der Waals surface area contributed by atoms with Crippen molar-refractivity contribution in [2.75, 3.05) is 16.8 Å². The molecule has 0 saturated heterocycles. The Hall–Kier alpha value is -3.80. The summed E-state index contributed by atoms with van der Waals surface area (Å²) in [6, 6.07) is 22.6. The summed E-state index contributed by atoms with van der Waals surface area (Å²) in [4.78, 5) is 26.9. The van der Waals surface area contributed by atoms with Crippen LogP contribution >= 0.6 is 0 Å². The van der Waals surface area contributed by atoms with E-state index in [1.807, 2.05) is 61.5 Å². The highest BCUT2D eigenvalue weighted by Gasteiger charge is 2.31. The maximum atomic E-state index is 12.8. The summed E-state index contributed by atoms with van der Waals surface area (Å²) in [5.74, 6) is 0.833. The van der Waals surface area contributed by atoms with Crippen molar-refractivity contribution in [2.24, 2.45) is 0 Å². The molecule has 1 unspecified atom stereocenters. The molecule has 0 fully saturated rings. The fourth-order valence-corrected chi connectivity index (χ4v) is 3.39. The third kappa shape index (κ3) is 4.86. The Kier molecular flexibility index (Phi) is 5.89. The highest BCUT2D eigenvalue weighted by Crippen LogP contribution is 2.37. The van der Waals surface area contributed by atoms with Crippen LogP contribution in [0.15, 0.2) is 72.8 Å². The Morgan fingerprint density at radius 1 is 1.06 bits per heavy atom. The van der Waals surface area contributed by atoms with Gasteiger partial charge in [-0.15, -0.1) is 0 Å². The number of ether oxygens (including phenoxy) is 2. The van der Waals surface area contributed by atoms with Gasteiger partial charge in [-0.1, -0.05) is 48.0 Å². The van der Waals surface area contributed by atoms with Gasteiger partial charge in [-0.05, 0) is 49.7 Å². The van der Waals surface area contributed by atoms with Crippen LogP contribution in [0.25, 0.3) is 0 Å². The van der Waals surface area contributed by atoms with E-state index in [-0.39, 0.29) is 18.4 Å². The highest BCUT2D eigenvalue weighted by atomic mass is 16.5. The number of carbonyl (C=O) groups excluding carboxylic acids is 2. The van der Waals surface area contributed by atoms with Gasteiger partial charge < -0.3 is 19.7 Å². The lowest BCUT2D eigenvalue weighted by atomic mass is 10.1. The van der Waals surface area contributed by atoms with Gasteiger partial charge in [0.1, 0.15) is 11.5 Å². The number of amides is 2. The first-order chi connectivity index (χ1) is 15.0. The molecule has 1 aliphatic heterocycles. The number of carbonyl (C=O) groups is 2. The summed E-state index contributed by atoms with van der Waals surface area (Å²) in [5.41, 5.74) is 3.33. The van der Waals surface area contributed by atoms with Crippen LogP contribution in [0.4, 0.5) is 11.4 Å². The lowest BCUT2D eigenvalue weighted by molar-refractivity contribution is -0.125. The number of nitrogens with zero attached hydrogens (tertiary/aromatic N) is 1. The Balaban J connectivity index is 1.48. The number of hydrogen-bond acceptors (Lipinski definition) is 4. The summed E-state index contributed by atoms with van der Waals surface area (Å²) in [5, 5.41) is 2.83. The largest absolute Gasteiger partial charge is 0.484 e. The topological polar surface area (TPSA) is 67.9 Å². The zero-order valence-electron chi connectivity index (χ0n) is 17.5. The number of benzene rings is 3. The van der Waals surface area contributed by atoms with E-state index in [1.54, 1.807) is 30.0 Å². The number of hydrogen-bond donors (Lipinski definition) is 1. The Morgan fingerprint density at radius 2 is 1.81 bits per heavy atom. The molecule has 0 radical (unpaired) electrons. The maximum Gasteiger partial charge on any atom is 0.268 e. The van der Waals surface area contributed by atoms with Crippen LogP contribution in [-0.4, -0.2) is 24.5 Å².